The molecule has 3 nitrogen and oxygen atoms in total. The molecule has 1 aromatic heterocycles. The van der Waals surface area contributed by atoms with E-state index in [9.17, 15) is 4.79 Å². The molecular weight excluding hydrogens is 464 g/mol. The van der Waals surface area contributed by atoms with Gasteiger partial charge in [0.15, 0.2) is 5.78 Å². The van der Waals surface area contributed by atoms with E-state index in [0.717, 1.165) is 33.4 Å². The molecule has 0 N–H and O–H groups in total. The van der Waals surface area contributed by atoms with E-state index in [2.05, 4.69) is 141 Å². The Labute approximate surface area is 224 Å². The second kappa shape index (κ2) is 8.95. The van der Waals surface area contributed by atoms with E-state index in [0.29, 0.717) is 6.42 Å². The van der Waals surface area contributed by atoms with Crippen molar-refractivity contribution < 1.29 is 9.36 Å². The van der Waals surface area contributed by atoms with Gasteiger partial charge in [0, 0.05) is 60.8 Å². The molecule has 1 aliphatic rings. The molecule has 0 spiro atoms. The van der Waals surface area contributed by atoms with Crippen molar-refractivity contribution in [2.45, 2.75) is 27.2 Å². The van der Waals surface area contributed by atoms with Gasteiger partial charge < -0.3 is 4.90 Å². The lowest BCUT2D eigenvalue weighted by Gasteiger charge is -2.32. The Bertz CT molecular complexity index is 1740. The van der Waals surface area contributed by atoms with Gasteiger partial charge in [-0.1, -0.05) is 67.9 Å². The summed E-state index contributed by atoms with van der Waals surface area (Å²) in [4.78, 5) is 15.8. The minimum absolute atomic E-state index is 0.195. The van der Waals surface area contributed by atoms with Crippen LogP contribution in [0.2, 0.25) is 0 Å². The number of aryl methyl sites for hydroxylation is 1. The summed E-state index contributed by atoms with van der Waals surface area (Å²) in [5, 5.41) is 3.44. The Balaban J connectivity index is 1.72. The number of benzene rings is 4. The number of allylic oxidation sites excluding steroid dienone is 1. The second-order valence-corrected chi connectivity index (χ2v) is 11.4. The minimum Gasteiger partial charge on any atom is -0.378 e. The number of pyridine rings is 1. The van der Waals surface area contributed by atoms with Crippen molar-refractivity contribution in [3.8, 4) is 5.69 Å². The number of nitrogens with zero attached hydrogens (tertiary/aromatic N) is 2. The number of carbonyl (C=O) groups excluding carboxylic acids is 1. The fraction of sp³-hybridized carbons (Fsp3) is 0.200. The van der Waals surface area contributed by atoms with Gasteiger partial charge >= 0.3 is 0 Å². The first-order valence-corrected chi connectivity index (χ1v) is 13.2. The maximum Gasteiger partial charge on any atom is 0.226 e. The molecule has 1 aliphatic carbocycles. The summed E-state index contributed by atoms with van der Waals surface area (Å²) >= 11 is 0. The zero-order valence-corrected chi connectivity index (χ0v) is 22.7. The highest BCUT2D eigenvalue weighted by Gasteiger charge is 2.42. The Morgan fingerprint density at radius 1 is 0.816 bits per heavy atom. The Hall–Kier alpha value is -4.24. The van der Waals surface area contributed by atoms with Gasteiger partial charge in [0.1, 0.15) is 0 Å². The van der Waals surface area contributed by atoms with Crippen LogP contribution in [0.15, 0.2) is 91.0 Å². The topological polar surface area (TPSA) is 24.2 Å². The van der Waals surface area contributed by atoms with Crippen LogP contribution in [-0.2, 0) is 0 Å². The van der Waals surface area contributed by atoms with Gasteiger partial charge in [0.2, 0.25) is 16.9 Å². The van der Waals surface area contributed by atoms with E-state index in [1.54, 1.807) is 0 Å². The van der Waals surface area contributed by atoms with Gasteiger partial charge in [-0.15, -0.1) is 0 Å². The molecule has 38 heavy (non-hydrogen) atoms. The number of hydrogen-bond acceptors (Lipinski definition) is 2. The van der Waals surface area contributed by atoms with Gasteiger partial charge in [-0.05, 0) is 53.6 Å². The number of hydrogen-bond donors (Lipinski definition) is 0. The van der Waals surface area contributed by atoms with Crippen LogP contribution in [0.4, 0.5) is 5.69 Å². The highest BCUT2D eigenvalue weighted by Crippen LogP contribution is 2.45. The summed E-state index contributed by atoms with van der Waals surface area (Å²) in [7, 11) is 4.11. The van der Waals surface area contributed by atoms with Gasteiger partial charge in [-0.3, -0.25) is 4.79 Å². The van der Waals surface area contributed by atoms with E-state index >= 15 is 0 Å². The van der Waals surface area contributed by atoms with E-state index in [4.69, 9.17) is 0 Å². The second-order valence-electron chi connectivity index (χ2n) is 11.4. The van der Waals surface area contributed by atoms with Crippen molar-refractivity contribution in [2.75, 3.05) is 19.0 Å². The average Bonchev–Trinajstić information content (AvgIpc) is 2.89. The Kier molecular flexibility index (Phi) is 5.68. The molecule has 3 heteroatoms. The molecule has 4 aromatic carbocycles. The van der Waals surface area contributed by atoms with Crippen molar-refractivity contribution in [2.24, 2.45) is 5.41 Å². The summed E-state index contributed by atoms with van der Waals surface area (Å²) in [6.45, 7) is 6.49. The summed E-state index contributed by atoms with van der Waals surface area (Å²) in [5.41, 5.74) is 8.33. The number of aromatic nitrogens is 1. The molecule has 6 rings (SSSR count). The molecule has 0 atom stereocenters. The quantitative estimate of drug-likeness (QED) is 0.188. The van der Waals surface area contributed by atoms with E-state index in [-0.39, 0.29) is 11.2 Å². The van der Waals surface area contributed by atoms with Crippen molar-refractivity contribution in [3.05, 3.63) is 113 Å². The van der Waals surface area contributed by atoms with Gasteiger partial charge in [0.05, 0.1) is 5.56 Å². The summed E-state index contributed by atoms with van der Waals surface area (Å²) in [5.74, 6) is 0.195. The first kappa shape index (κ1) is 24.1. The van der Waals surface area contributed by atoms with Crippen LogP contribution >= 0.6 is 0 Å². The highest BCUT2D eigenvalue weighted by molar-refractivity contribution is 6.09. The van der Waals surface area contributed by atoms with E-state index in [1.807, 2.05) is 0 Å². The van der Waals surface area contributed by atoms with Crippen LogP contribution in [0.1, 0.15) is 47.4 Å². The lowest BCUT2D eigenvalue weighted by Crippen LogP contribution is -2.43. The molecule has 0 saturated carbocycles. The molecule has 0 fully saturated rings. The van der Waals surface area contributed by atoms with Crippen LogP contribution in [0, 0.1) is 12.3 Å². The number of Topliss-reactive ketones (excluding diaryl/α,β-unsaturated/α-hetero) is 1. The number of ketones is 1. The maximum atomic E-state index is 13.7. The number of carbonyl (C=O) groups is 1. The predicted molar refractivity (Wildman–Crippen MR) is 159 cm³/mol. The fourth-order valence-corrected chi connectivity index (χ4v) is 5.67. The largest absolute Gasteiger partial charge is 0.378 e. The van der Waals surface area contributed by atoms with Crippen LogP contribution < -0.4 is 9.47 Å². The summed E-state index contributed by atoms with van der Waals surface area (Å²) < 4.78 is 2.31. The lowest BCUT2D eigenvalue weighted by atomic mass is 9.70. The number of anilines is 1. The molecule has 0 unspecified atom stereocenters. The molecule has 5 aromatic rings. The monoisotopic (exact) mass is 497 g/mol. The molecule has 1 heterocycles. The Morgan fingerprint density at radius 3 is 2.13 bits per heavy atom. The lowest BCUT2D eigenvalue weighted by molar-refractivity contribution is -0.570. The highest BCUT2D eigenvalue weighted by atomic mass is 16.1. The van der Waals surface area contributed by atoms with Crippen LogP contribution in [0.5, 0.6) is 0 Å². The van der Waals surface area contributed by atoms with E-state index in [1.165, 1.54) is 27.6 Å². The molecule has 0 radical (unpaired) electrons. The number of fused-ring (bicyclic) bond motifs is 3. The maximum absolute atomic E-state index is 13.7. The minimum atomic E-state index is -0.318. The zero-order valence-electron chi connectivity index (χ0n) is 22.7. The third kappa shape index (κ3) is 4.09. The molecule has 0 amide bonds. The molecule has 188 valence electrons. The summed E-state index contributed by atoms with van der Waals surface area (Å²) in [6.07, 6.45) is 2.76. The first-order valence-electron chi connectivity index (χ1n) is 13.2. The van der Waals surface area contributed by atoms with Gasteiger partial charge in [-0.2, -0.15) is 4.57 Å². The third-order valence-corrected chi connectivity index (χ3v) is 7.81. The van der Waals surface area contributed by atoms with E-state index < -0.39 is 0 Å². The van der Waals surface area contributed by atoms with Gasteiger partial charge in [-0.25, -0.2) is 0 Å². The van der Waals surface area contributed by atoms with Crippen LogP contribution in [0.3, 0.4) is 0 Å². The first-order chi connectivity index (χ1) is 18.2. The normalized spacial score (nSPS) is 15.7. The smallest absolute Gasteiger partial charge is 0.226 e. The summed E-state index contributed by atoms with van der Waals surface area (Å²) in [6, 6.07) is 32.3. The zero-order chi connectivity index (χ0) is 26.6. The molecule has 0 bridgehead atoms. The van der Waals surface area contributed by atoms with Crippen LogP contribution in [-0.4, -0.2) is 19.9 Å². The van der Waals surface area contributed by atoms with Gasteiger partial charge in [0.25, 0.3) is 0 Å². The average molecular weight is 498 g/mol. The van der Waals surface area contributed by atoms with Crippen molar-refractivity contribution in [1.82, 2.24) is 0 Å². The molecule has 0 aliphatic heterocycles. The van der Waals surface area contributed by atoms with Crippen molar-refractivity contribution >= 4 is 44.8 Å². The standard InChI is InChI=1S/C35H33N2O/c1-23-10-14-29(15-11-23)37-32-21-26-9-7-6-8-25(26)19-27(32)20-30-33(38)22-35(2,3)31(34(30)37)18-24-12-16-28(17-13-24)36(4)5/h6-21H,22H2,1-5H3/q+1. The molecular formula is C35H33N2O+. The van der Waals surface area contributed by atoms with Crippen molar-refractivity contribution in [1.29, 1.82) is 0 Å². The number of rotatable bonds is 3. The SMILES string of the molecule is Cc1ccc(-[n+]2c3c(cc4cc5ccccc5cc42)C(=O)CC(C)(C)C3=Cc2ccc(N(C)C)cc2)cc1. The fourth-order valence-electron chi connectivity index (χ4n) is 5.67. The predicted octanol–water partition coefficient (Wildman–Crippen LogP) is 7.80. The van der Waals surface area contributed by atoms with Crippen LogP contribution in [0.25, 0.3) is 39.0 Å². The Morgan fingerprint density at radius 2 is 1.47 bits per heavy atom. The molecule has 0 saturated heterocycles. The third-order valence-electron chi connectivity index (χ3n) is 7.81. The van der Waals surface area contributed by atoms with Crippen molar-refractivity contribution in [3.63, 3.8) is 0 Å².